The van der Waals surface area contributed by atoms with E-state index in [4.69, 9.17) is 5.73 Å². The number of carbonyl (C=O) groups is 1. The Balaban J connectivity index is 3.01. The minimum absolute atomic E-state index is 0.0519. The van der Waals surface area contributed by atoms with E-state index < -0.39 is 15.6 Å². The number of aryl methyl sites for hydroxylation is 1. The van der Waals surface area contributed by atoms with Crippen molar-refractivity contribution in [2.45, 2.75) is 38.1 Å². The molecular formula is C14H23N3O3S. The summed E-state index contributed by atoms with van der Waals surface area (Å²) in [4.78, 5) is 11.9. The molecule has 21 heavy (non-hydrogen) atoms. The van der Waals surface area contributed by atoms with Gasteiger partial charge in [-0.05, 0) is 39.3 Å². The maximum absolute atomic E-state index is 12.5. The highest BCUT2D eigenvalue weighted by Gasteiger charge is 2.27. The highest BCUT2D eigenvalue weighted by Crippen LogP contribution is 2.24. The summed E-state index contributed by atoms with van der Waals surface area (Å²) < 4.78 is 26.1. The summed E-state index contributed by atoms with van der Waals surface area (Å²) >= 11 is 0. The normalized spacial score (nSPS) is 12.5. The molecule has 0 fully saturated rings. The van der Waals surface area contributed by atoms with Crippen molar-refractivity contribution in [3.8, 4) is 0 Å². The van der Waals surface area contributed by atoms with Crippen LogP contribution in [0.4, 0.5) is 5.69 Å². The molecule has 1 aromatic rings. The van der Waals surface area contributed by atoms with Crippen LogP contribution in [0.3, 0.4) is 0 Å². The van der Waals surface area contributed by atoms with Gasteiger partial charge in [-0.1, -0.05) is 12.1 Å². The summed E-state index contributed by atoms with van der Waals surface area (Å²) in [5.74, 6) is -0.360. The predicted octanol–water partition coefficient (Wildman–Crippen LogP) is 1.11. The van der Waals surface area contributed by atoms with Gasteiger partial charge in [-0.3, -0.25) is 4.79 Å². The predicted molar refractivity (Wildman–Crippen MR) is 83.3 cm³/mol. The van der Waals surface area contributed by atoms with Crippen molar-refractivity contribution in [1.82, 2.24) is 9.62 Å². The van der Waals surface area contributed by atoms with Crippen LogP contribution in [-0.2, 0) is 14.8 Å². The second kappa shape index (κ2) is 6.03. The van der Waals surface area contributed by atoms with E-state index in [0.29, 0.717) is 5.56 Å². The van der Waals surface area contributed by atoms with Crippen LogP contribution in [0.15, 0.2) is 23.1 Å². The molecule has 0 aliphatic heterocycles. The molecule has 0 aliphatic carbocycles. The Kier molecular flexibility index (Phi) is 5.01. The van der Waals surface area contributed by atoms with Gasteiger partial charge >= 0.3 is 0 Å². The number of nitrogens with one attached hydrogen (secondary N) is 1. The van der Waals surface area contributed by atoms with Crippen molar-refractivity contribution in [3.05, 3.63) is 23.8 Å². The van der Waals surface area contributed by atoms with Gasteiger partial charge in [0.15, 0.2) is 0 Å². The van der Waals surface area contributed by atoms with Gasteiger partial charge in [0.2, 0.25) is 15.9 Å². The molecule has 1 rings (SSSR count). The van der Waals surface area contributed by atoms with Crippen molar-refractivity contribution in [2.24, 2.45) is 0 Å². The molecular weight excluding hydrogens is 290 g/mol. The second-order valence-electron chi connectivity index (χ2n) is 6.05. The fourth-order valence-corrected chi connectivity index (χ4v) is 3.37. The largest absolute Gasteiger partial charge is 0.398 e. The number of rotatable bonds is 4. The Morgan fingerprint density at radius 2 is 1.90 bits per heavy atom. The van der Waals surface area contributed by atoms with Crippen LogP contribution in [0.1, 0.15) is 26.3 Å². The molecule has 0 radical (unpaired) electrons. The summed E-state index contributed by atoms with van der Waals surface area (Å²) in [6.45, 7) is 6.91. The standard InChI is InChI=1S/C14H23N3O3S/c1-10-7-6-8-11(15)13(10)21(19,20)17(5)9-12(18)16-14(2,3)4/h6-8H,9,15H2,1-5H3,(H,16,18). The number of anilines is 1. The molecule has 0 aromatic heterocycles. The Labute approximate surface area is 126 Å². The van der Waals surface area contributed by atoms with Gasteiger partial charge in [0, 0.05) is 12.6 Å². The number of hydrogen-bond donors (Lipinski definition) is 2. The van der Waals surface area contributed by atoms with Crippen molar-refractivity contribution in [3.63, 3.8) is 0 Å². The Hall–Kier alpha value is -1.60. The highest BCUT2D eigenvalue weighted by molar-refractivity contribution is 7.89. The van der Waals surface area contributed by atoms with Gasteiger partial charge in [0.1, 0.15) is 4.90 Å². The number of likely N-dealkylation sites (N-methyl/N-ethyl adjacent to an activating group) is 1. The zero-order chi connectivity index (χ0) is 16.4. The van der Waals surface area contributed by atoms with E-state index in [1.807, 2.05) is 20.8 Å². The summed E-state index contributed by atoms with van der Waals surface area (Å²) in [6.07, 6.45) is 0. The highest BCUT2D eigenvalue weighted by atomic mass is 32.2. The Bertz CT molecular complexity index is 613. The Morgan fingerprint density at radius 1 is 1.33 bits per heavy atom. The third-order valence-corrected chi connectivity index (χ3v) is 4.81. The lowest BCUT2D eigenvalue weighted by Gasteiger charge is -2.24. The molecule has 0 atom stereocenters. The van der Waals surface area contributed by atoms with Crippen LogP contribution >= 0.6 is 0 Å². The van der Waals surface area contributed by atoms with Crippen LogP contribution in [0, 0.1) is 6.92 Å². The number of carbonyl (C=O) groups excluding carboxylic acids is 1. The smallest absolute Gasteiger partial charge is 0.245 e. The van der Waals surface area contributed by atoms with E-state index in [2.05, 4.69) is 5.32 Å². The minimum atomic E-state index is -3.80. The SMILES string of the molecule is Cc1cccc(N)c1S(=O)(=O)N(C)CC(=O)NC(C)(C)C. The van der Waals surface area contributed by atoms with Gasteiger partial charge < -0.3 is 11.1 Å². The maximum atomic E-state index is 12.5. The van der Waals surface area contributed by atoms with Crippen molar-refractivity contribution in [2.75, 3.05) is 19.3 Å². The van der Waals surface area contributed by atoms with Crippen molar-refractivity contribution in [1.29, 1.82) is 0 Å². The van der Waals surface area contributed by atoms with E-state index in [1.54, 1.807) is 19.1 Å². The summed E-state index contributed by atoms with van der Waals surface area (Å²) in [5.41, 5.74) is 6.09. The van der Waals surface area contributed by atoms with Crippen LogP contribution in [0.5, 0.6) is 0 Å². The zero-order valence-electron chi connectivity index (χ0n) is 13.1. The molecule has 0 spiro atoms. The lowest BCUT2D eigenvalue weighted by atomic mass is 10.1. The van der Waals surface area contributed by atoms with Gasteiger partial charge in [0.25, 0.3) is 0 Å². The van der Waals surface area contributed by atoms with Crippen molar-refractivity contribution >= 4 is 21.6 Å². The molecule has 1 aromatic carbocycles. The maximum Gasteiger partial charge on any atom is 0.245 e. The molecule has 0 bridgehead atoms. The van der Waals surface area contributed by atoms with Crippen molar-refractivity contribution < 1.29 is 13.2 Å². The number of sulfonamides is 1. The lowest BCUT2D eigenvalue weighted by Crippen LogP contribution is -2.46. The number of hydrogen-bond acceptors (Lipinski definition) is 4. The zero-order valence-corrected chi connectivity index (χ0v) is 13.9. The first kappa shape index (κ1) is 17.5. The van der Waals surface area contributed by atoms with Crippen LogP contribution in [0.25, 0.3) is 0 Å². The quantitative estimate of drug-likeness (QED) is 0.815. The van der Waals surface area contributed by atoms with Gasteiger partial charge in [-0.25, -0.2) is 8.42 Å². The molecule has 118 valence electrons. The fraction of sp³-hybridized carbons (Fsp3) is 0.500. The topological polar surface area (TPSA) is 92.5 Å². The molecule has 0 aliphatic rings. The molecule has 0 heterocycles. The van der Waals surface area contributed by atoms with E-state index in [1.165, 1.54) is 13.1 Å². The number of nitrogen functional groups attached to an aromatic ring is 1. The van der Waals surface area contributed by atoms with Gasteiger partial charge in [-0.15, -0.1) is 0 Å². The summed E-state index contributed by atoms with van der Waals surface area (Å²) in [5, 5.41) is 2.73. The molecule has 6 nitrogen and oxygen atoms in total. The number of nitrogens with zero attached hydrogens (tertiary/aromatic N) is 1. The van der Waals surface area contributed by atoms with Crippen LogP contribution in [-0.4, -0.2) is 37.8 Å². The first-order valence-corrected chi connectivity index (χ1v) is 8.01. The van der Waals surface area contributed by atoms with Gasteiger partial charge in [0.05, 0.1) is 12.2 Å². The number of nitrogens with two attached hydrogens (primary N) is 1. The first-order valence-electron chi connectivity index (χ1n) is 6.57. The molecule has 7 heteroatoms. The Morgan fingerprint density at radius 3 is 2.38 bits per heavy atom. The van der Waals surface area contributed by atoms with E-state index >= 15 is 0 Å². The number of benzene rings is 1. The average molecular weight is 313 g/mol. The first-order chi connectivity index (χ1) is 9.45. The fourth-order valence-electron chi connectivity index (χ4n) is 1.93. The third-order valence-electron chi connectivity index (χ3n) is 2.79. The molecule has 3 N–H and O–H groups in total. The summed E-state index contributed by atoms with van der Waals surface area (Å²) in [7, 11) is -2.44. The average Bonchev–Trinajstić information content (AvgIpc) is 2.25. The van der Waals surface area contributed by atoms with E-state index in [9.17, 15) is 13.2 Å². The second-order valence-corrected chi connectivity index (χ2v) is 8.03. The molecule has 0 saturated carbocycles. The third kappa shape index (κ3) is 4.44. The minimum Gasteiger partial charge on any atom is -0.398 e. The van der Waals surface area contributed by atoms with E-state index in [-0.39, 0.29) is 23.0 Å². The van der Waals surface area contributed by atoms with Gasteiger partial charge in [-0.2, -0.15) is 4.31 Å². The monoisotopic (exact) mass is 313 g/mol. The molecule has 0 unspecified atom stereocenters. The lowest BCUT2D eigenvalue weighted by molar-refractivity contribution is -0.122. The number of amides is 1. The molecule has 0 saturated heterocycles. The van der Waals surface area contributed by atoms with Crippen LogP contribution in [0.2, 0.25) is 0 Å². The molecule has 1 amide bonds. The van der Waals surface area contributed by atoms with E-state index in [0.717, 1.165) is 4.31 Å². The summed E-state index contributed by atoms with van der Waals surface area (Å²) in [6, 6.07) is 4.89. The van der Waals surface area contributed by atoms with Crippen LogP contribution < -0.4 is 11.1 Å².